The van der Waals surface area contributed by atoms with Crippen molar-refractivity contribution in [3.63, 3.8) is 0 Å². The fourth-order valence-electron chi connectivity index (χ4n) is 2.50. The van der Waals surface area contributed by atoms with Crippen molar-refractivity contribution in [2.45, 2.75) is 37.2 Å². The lowest BCUT2D eigenvalue weighted by atomic mass is 10.3. The Kier molecular flexibility index (Phi) is 5.73. The second-order valence-corrected chi connectivity index (χ2v) is 9.29. The fraction of sp³-hybridized carbons (Fsp3) is 0.389. The van der Waals surface area contributed by atoms with Gasteiger partial charge in [0.15, 0.2) is 0 Å². The largest absolute Gasteiger partial charge is 0.495 e. The van der Waals surface area contributed by atoms with E-state index in [0.717, 1.165) is 23.3 Å². The number of carbonyl (C=O) groups excluding carboxylic acids is 1. The lowest BCUT2D eigenvalue weighted by Gasteiger charge is -2.19. The van der Waals surface area contributed by atoms with E-state index in [0.29, 0.717) is 18.0 Å². The van der Waals surface area contributed by atoms with Crippen molar-refractivity contribution in [2.24, 2.45) is 0 Å². The Bertz CT molecular complexity index is 936. The Morgan fingerprint density at radius 1 is 1.33 bits per heavy atom. The first-order valence-corrected chi connectivity index (χ1v) is 10.9. The minimum atomic E-state index is -3.62. The SMILES string of the molecule is COc1ccc(S(=O)(=O)NC2CC2)cc1NC(=O)N(C)Cc1sccc1C. The van der Waals surface area contributed by atoms with Crippen LogP contribution in [0.1, 0.15) is 23.3 Å². The van der Waals surface area contributed by atoms with Gasteiger partial charge in [-0.05, 0) is 55.0 Å². The average molecular weight is 410 g/mol. The van der Waals surface area contributed by atoms with Crippen LogP contribution in [0.25, 0.3) is 0 Å². The molecule has 3 rings (SSSR count). The van der Waals surface area contributed by atoms with Crippen LogP contribution >= 0.6 is 11.3 Å². The number of methoxy groups -OCH3 is 1. The monoisotopic (exact) mass is 409 g/mol. The molecule has 1 fully saturated rings. The van der Waals surface area contributed by atoms with Crippen LogP contribution in [-0.4, -0.2) is 39.5 Å². The fourth-order valence-corrected chi connectivity index (χ4v) is 4.79. The molecule has 0 bridgehead atoms. The first kappa shape index (κ1) is 19.7. The Labute approximate surface area is 163 Å². The summed E-state index contributed by atoms with van der Waals surface area (Å²) >= 11 is 1.59. The van der Waals surface area contributed by atoms with Gasteiger partial charge in [-0.15, -0.1) is 11.3 Å². The van der Waals surface area contributed by atoms with Crippen LogP contribution in [-0.2, 0) is 16.6 Å². The molecule has 0 saturated heterocycles. The molecule has 0 unspecified atom stereocenters. The summed E-state index contributed by atoms with van der Waals surface area (Å²) < 4.78 is 32.8. The highest BCUT2D eigenvalue weighted by molar-refractivity contribution is 7.89. The summed E-state index contributed by atoms with van der Waals surface area (Å²) in [5, 5.41) is 4.74. The summed E-state index contributed by atoms with van der Waals surface area (Å²) in [6.07, 6.45) is 1.71. The lowest BCUT2D eigenvalue weighted by molar-refractivity contribution is 0.221. The van der Waals surface area contributed by atoms with Crippen LogP contribution < -0.4 is 14.8 Å². The van der Waals surface area contributed by atoms with E-state index in [1.807, 2.05) is 18.4 Å². The van der Waals surface area contributed by atoms with Crippen molar-refractivity contribution in [1.29, 1.82) is 0 Å². The number of ether oxygens (including phenoxy) is 1. The minimum absolute atomic E-state index is 0.00955. The number of thiophene rings is 1. The molecule has 0 radical (unpaired) electrons. The molecule has 1 aromatic heterocycles. The molecule has 1 saturated carbocycles. The third-order valence-electron chi connectivity index (χ3n) is 4.32. The zero-order valence-electron chi connectivity index (χ0n) is 15.5. The van der Waals surface area contributed by atoms with Crippen molar-refractivity contribution < 1.29 is 17.9 Å². The summed E-state index contributed by atoms with van der Waals surface area (Å²) in [7, 11) is -0.453. The molecule has 2 N–H and O–H groups in total. The van der Waals surface area contributed by atoms with Crippen molar-refractivity contribution in [2.75, 3.05) is 19.5 Å². The number of sulfonamides is 1. The minimum Gasteiger partial charge on any atom is -0.495 e. The van der Waals surface area contributed by atoms with Gasteiger partial charge < -0.3 is 15.0 Å². The highest BCUT2D eigenvalue weighted by atomic mass is 32.2. The van der Waals surface area contributed by atoms with Crippen LogP contribution in [0, 0.1) is 6.92 Å². The number of hydrogen-bond acceptors (Lipinski definition) is 5. The smallest absolute Gasteiger partial charge is 0.322 e. The van der Waals surface area contributed by atoms with Crippen molar-refractivity contribution >= 4 is 33.1 Å². The van der Waals surface area contributed by atoms with E-state index < -0.39 is 10.0 Å². The number of amides is 2. The highest BCUT2D eigenvalue weighted by Crippen LogP contribution is 2.29. The van der Waals surface area contributed by atoms with Gasteiger partial charge in [0.05, 0.1) is 24.2 Å². The van der Waals surface area contributed by atoms with Crippen LogP contribution in [0.4, 0.5) is 10.5 Å². The third-order valence-corrected chi connectivity index (χ3v) is 6.84. The van der Waals surface area contributed by atoms with Crippen LogP contribution in [0.15, 0.2) is 34.5 Å². The second kappa shape index (κ2) is 7.87. The zero-order chi connectivity index (χ0) is 19.6. The molecule has 7 nitrogen and oxygen atoms in total. The first-order chi connectivity index (χ1) is 12.8. The molecule has 27 heavy (non-hydrogen) atoms. The van der Waals surface area contributed by atoms with E-state index in [-0.39, 0.29) is 17.0 Å². The van der Waals surface area contributed by atoms with Crippen LogP contribution in [0.5, 0.6) is 5.75 Å². The number of benzene rings is 1. The molecule has 2 aromatic rings. The standard InChI is InChI=1S/C18H23N3O4S2/c1-12-8-9-26-17(12)11-21(2)18(22)19-15-10-14(6-7-16(15)25-3)27(23,24)20-13-4-5-13/h6-10,13,20H,4-5,11H2,1-3H3,(H,19,22). The third kappa shape index (κ3) is 4.79. The number of nitrogens with one attached hydrogen (secondary N) is 2. The van der Waals surface area contributed by atoms with Gasteiger partial charge in [-0.1, -0.05) is 0 Å². The molecular weight excluding hydrogens is 386 g/mol. The number of carbonyl (C=O) groups is 1. The molecule has 2 amide bonds. The normalized spacial score (nSPS) is 14.0. The molecule has 1 heterocycles. The highest BCUT2D eigenvalue weighted by Gasteiger charge is 2.28. The molecular formula is C18H23N3O4S2. The summed E-state index contributed by atoms with van der Waals surface area (Å²) in [6.45, 7) is 2.47. The number of anilines is 1. The molecule has 146 valence electrons. The Morgan fingerprint density at radius 2 is 2.07 bits per heavy atom. The molecule has 1 aliphatic carbocycles. The second-order valence-electron chi connectivity index (χ2n) is 6.57. The van der Waals surface area contributed by atoms with Crippen molar-refractivity contribution in [1.82, 2.24) is 9.62 Å². The Morgan fingerprint density at radius 3 is 2.67 bits per heavy atom. The van der Waals surface area contributed by atoms with Crippen LogP contribution in [0.3, 0.4) is 0 Å². The number of hydrogen-bond donors (Lipinski definition) is 2. The van der Waals surface area contributed by atoms with Gasteiger partial charge in [0.2, 0.25) is 10.0 Å². The number of urea groups is 1. The summed E-state index contributed by atoms with van der Waals surface area (Å²) in [5.41, 5.74) is 1.45. The summed E-state index contributed by atoms with van der Waals surface area (Å²) in [6, 6.07) is 6.11. The van der Waals surface area contributed by atoms with Crippen molar-refractivity contribution in [3.8, 4) is 5.75 Å². The molecule has 9 heteroatoms. The predicted molar refractivity (Wildman–Crippen MR) is 106 cm³/mol. The number of rotatable bonds is 7. The quantitative estimate of drug-likeness (QED) is 0.735. The molecule has 1 aromatic carbocycles. The van der Waals surface area contributed by atoms with E-state index in [1.165, 1.54) is 19.2 Å². The van der Waals surface area contributed by atoms with Gasteiger partial charge in [0.25, 0.3) is 0 Å². The van der Waals surface area contributed by atoms with Gasteiger partial charge in [-0.25, -0.2) is 17.9 Å². The Hall–Kier alpha value is -2.10. The Balaban J connectivity index is 1.76. The molecule has 0 spiro atoms. The van der Waals surface area contributed by atoms with E-state index in [2.05, 4.69) is 10.0 Å². The van der Waals surface area contributed by atoms with E-state index in [9.17, 15) is 13.2 Å². The first-order valence-electron chi connectivity index (χ1n) is 8.55. The number of nitrogens with zero attached hydrogens (tertiary/aromatic N) is 1. The molecule has 0 atom stereocenters. The average Bonchev–Trinajstić information content (AvgIpc) is 3.34. The van der Waals surface area contributed by atoms with E-state index >= 15 is 0 Å². The summed E-state index contributed by atoms with van der Waals surface area (Å²) in [5.74, 6) is 0.398. The van der Waals surface area contributed by atoms with Gasteiger partial charge in [0, 0.05) is 18.0 Å². The van der Waals surface area contributed by atoms with Crippen molar-refractivity contribution in [3.05, 3.63) is 40.1 Å². The van der Waals surface area contributed by atoms with Gasteiger partial charge >= 0.3 is 6.03 Å². The van der Waals surface area contributed by atoms with Gasteiger partial charge in [-0.2, -0.15) is 0 Å². The summed E-state index contributed by atoms with van der Waals surface area (Å²) in [4.78, 5) is 15.3. The molecule has 0 aliphatic heterocycles. The maximum atomic E-state index is 12.6. The zero-order valence-corrected chi connectivity index (χ0v) is 17.1. The maximum absolute atomic E-state index is 12.6. The lowest BCUT2D eigenvalue weighted by Crippen LogP contribution is -2.31. The maximum Gasteiger partial charge on any atom is 0.322 e. The predicted octanol–water partition coefficient (Wildman–Crippen LogP) is 3.17. The van der Waals surface area contributed by atoms with E-state index in [1.54, 1.807) is 29.4 Å². The topological polar surface area (TPSA) is 87.7 Å². The molecule has 1 aliphatic rings. The van der Waals surface area contributed by atoms with E-state index in [4.69, 9.17) is 4.74 Å². The van der Waals surface area contributed by atoms with Gasteiger partial charge in [-0.3, -0.25) is 0 Å². The van der Waals surface area contributed by atoms with Crippen LogP contribution in [0.2, 0.25) is 0 Å². The number of aryl methyl sites for hydroxylation is 1. The van der Waals surface area contributed by atoms with Gasteiger partial charge in [0.1, 0.15) is 5.75 Å².